The maximum absolute atomic E-state index is 10.7. The molecule has 5 nitrogen and oxygen atoms in total. The number of methoxy groups -OCH3 is 1. The molecule has 1 unspecified atom stereocenters. The molecular formula is C21H25N3O2. The molecule has 26 heavy (non-hydrogen) atoms. The molecule has 4 rings (SSSR count). The topological polar surface area (TPSA) is 45.7 Å². The van der Waals surface area contributed by atoms with Gasteiger partial charge in [-0.3, -0.25) is 14.7 Å². The Morgan fingerprint density at radius 2 is 1.92 bits per heavy atom. The quantitative estimate of drug-likeness (QED) is 0.775. The van der Waals surface area contributed by atoms with E-state index >= 15 is 0 Å². The molecule has 2 aliphatic rings. The molecule has 3 heterocycles. The summed E-state index contributed by atoms with van der Waals surface area (Å²) >= 11 is 0. The molecule has 0 radical (unpaired) electrons. The summed E-state index contributed by atoms with van der Waals surface area (Å²) in [5.41, 5.74) is 3.36. The molecule has 1 atom stereocenters. The number of carbonyl (C=O) groups is 1. The highest BCUT2D eigenvalue weighted by molar-refractivity contribution is 5.71. The molecular weight excluding hydrogens is 326 g/mol. The molecule has 0 amide bonds. The fourth-order valence-corrected chi connectivity index (χ4v) is 4.30. The SMILES string of the molecule is COc1ccc(N2CCC3(CCN(Cc4ccc(C=O)nc4)C3)C2)cc1. The molecule has 0 N–H and O–H groups in total. The maximum atomic E-state index is 10.7. The summed E-state index contributed by atoms with van der Waals surface area (Å²) < 4.78 is 5.26. The van der Waals surface area contributed by atoms with Crippen LogP contribution in [0, 0.1) is 5.41 Å². The monoisotopic (exact) mass is 351 g/mol. The van der Waals surface area contributed by atoms with Crippen LogP contribution < -0.4 is 9.64 Å². The molecule has 1 spiro atoms. The van der Waals surface area contributed by atoms with Crippen molar-refractivity contribution in [1.29, 1.82) is 0 Å². The van der Waals surface area contributed by atoms with Crippen molar-refractivity contribution in [3.8, 4) is 5.75 Å². The van der Waals surface area contributed by atoms with Crippen LogP contribution in [-0.2, 0) is 6.54 Å². The zero-order valence-electron chi connectivity index (χ0n) is 15.2. The average Bonchev–Trinajstić information content (AvgIpc) is 3.29. The van der Waals surface area contributed by atoms with Crippen molar-refractivity contribution < 1.29 is 9.53 Å². The molecule has 1 aromatic carbocycles. The Morgan fingerprint density at radius 1 is 1.12 bits per heavy atom. The molecule has 0 aliphatic carbocycles. The van der Waals surface area contributed by atoms with Gasteiger partial charge in [-0.15, -0.1) is 0 Å². The van der Waals surface area contributed by atoms with Crippen LogP contribution in [-0.4, -0.2) is 49.5 Å². The van der Waals surface area contributed by atoms with Gasteiger partial charge in [0.2, 0.25) is 0 Å². The number of aromatic nitrogens is 1. The summed E-state index contributed by atoms with van der Waals surface area (Å²) in [7, 11) is 1.70. The number of nitrogens with zero attached hydrogens (tertiary/aromatic N) is 3. The molecule has 5 heteroatoms. The normalized spacial score (nSPS) is 22.9. The average molecular weight is 351 g/mol. The Morgan fingerprint density at radius 3 is 2.62 bits per heavy atom. The van der Waals surface area contributed by atoms with Gasteiger partial charge in [0.05, 0.1) is 7.11 Å². The van der Waals surface area contributed by atoms with Crippen molar-refractivity contribution >= 4 is 12.0 Å². The lowest BCUT2D eigenvalue weighted by molar-refractivity contribution is 0.111. The van der Waals surface area contributed by atoms with Crippen LogP contribution in [0.2, 0.25) is 0 Å². The first-order chi connectivity index (χ1) is 12.7. The van der Waals surface area contributed by atoms with Crippen molar-refractivity contribution in [2.75, 3.05) is 38.2 Å². The van der Waals surface area contributed by atoms with Gasteiger partial charge in [0, 0.05) is 43.5 Å². The summed E-state index contributed by atoms with van der Waals surface area (Å²) in [6, 6.07) is 12.2. The third-order valence-corrected chi connectivity index (χ3v) is 5.77. The van der Waals surface area contributed by atoms with Gasteiger partial charge in [-0.25, -0.2) is 0 Å². The van der Waals surface area contributed by atoms with Crippen molar-refractivity contribution in [2.24, 2.45) is 5.41 Å². The lowest BCUT2D eigenvalue weighted by atomic mass is 9.86. The Balaban J connectivity index is 1.37. The lowest BCUT2D eigenvalue weighted by Gasteiger charge is -2.26. The van der Waals surface area contributed by atoms with E-state index in [9.17, 15) is 4.79 Å². The van der Waals surface area contributed by atoms with E-state index in [4.69, 9.17) is 4.74 Å². The summed E-state index contributed by atoms with van der Waals surface area (Å²) in [6.07, 6.45) is 5.12. The fraction of sp³-hybridized carbons (Fsp3) is 0.429. The van der Waals surface area contributed by atoms with E-state index < -0.39 is 0 Å². The van der Waals surface area contributed by atoms with Crippen LogP contribution in [0.25, 0.3) is 0 Å². The Labute approximate surface area is 154 Å². The van der Waals surface area contributed by atoms with Crippen LogP contribution in [0.4, 0.5) is 5.69 Å². The number of aldehydes is 1. The van der Waals surface area contributed by atoms with Crippen molar-refractivity contribution in [3.63, 3.8) is 0 Å². The molecule has 2 saturated heterocycles. The Kier molecular flexibility index (Phi) is 4.64. The molecule has 1 aromatic heterocycles. The first kappa shape index (κ1) is 17.0. The second-order valence-electron chi connectivity index (χ2n) is 7.54. The van der Waals surface area contributed by atoms with Crippen LogP contribution >= 0.6 is 0 Å². The number of hydrogen-bond donors (Lipinski definition) is 0. The predicted octanol–water partition coefficient (Wildman–Crippen LogP) is 3.01. The number of pyridine rings is 1. The van der Waals surface area contributed by atoms with Gasteiger partial charge in [-0.05, 0) is 55.3 Å². The molecule has 2 fully saturated rings. The van der Waals surface area contributed by atoms with E-state index in [1.54, 1.807) is 13.2 Å². The smallest absolute Gasteiger partial charge is 0.168 e. The lowest BCUT2D eigenvalue weighted by Crippen LogP contribution is -2.30. The molecule has 0 bridgehead atoms. The number of benzene rings is 1. The van der Waals surface area contributed by atoms with Gasteiger partial charge < -0.3 is 9.64 Å². The maximum Gasteiger partial charge on any atom is 0.168 e. The van der Waals surface area contributed by atoms with E-state index in [-0.39, 0.29) is 0 Å². The minimum absolute atomic E-state index is 0.399. The standard InChI is InChI=1S/C21H25N3O2/c1-26-20-6-4-19(5-7-20)24-11-9-21(16-24)8-10-23(15-21)13-17-2-3-18(14-25)22-12-17/h2-7,12,14H,8-11,13,15-16H2,1H3. The summed E-state index contributed by atoms with van der Waals surface area (Å²) in [5.74, 6) is 0.906. The zero-order chi connectivity index (χ0) is 18.0. The zero-order valence-corrected chi connectivity index (χ0v) is 15.2. The van der Waals surface area contributed by atoms with E-state index in [0.29, 0.717) is 11.1 Å². The van der Waals surface area contributed by atoms with E-state index in [1.807, 2.05) is 24.4 Å². The van der Waals surface area contributed by atoms with Crippen molar-refractivity contribution in [1.82, 2.24) is 9.88 Å². The summed E-state index contributed by atoms with van der Waals surface area (Å²) in [4.78, 5) is 19.9. The van der Waals surface area contributed by atoms with Crippen molar-refractivity contribution in [2.45, 2.75) is 19.4 Å². The molecule has 0 saturated carbocycles. The van der Waals surface area contributed by atoms with Gasteiger partial charge in [0.1, 0.15) is 11.4 Å². The molecule has 2 aliphatic heterocycles. The van der Waals surface area contributed by atoms with Crippen LogP contribution in [0.15, 0.2) is 42.6 Å². The fourth-order valence-electron chi connectivity index (χ4n) is 4.30. The first-order valence-corrected chi connectivity index (χ1v) is 9.21. The second-order valence-corrected chi connectivity index (χ2v) is 7.54. The van der Waals surface area contributed by atoms with E-state index in [2.05, 4.69) is 26.9 Å². The third kappa shape index (κ3) is 3.44. The highest BCUT2D eigenvalue weighted by Crippen LogP contribution is 2.41. The third-order valence-electron chi connectivity index (χ3n) is 5.77. The number of likely N-dealkylation sites (tertiary alicyclic amines) is 1. The first-order valence-electron chi connectivity index (χ1n) is 9.21. The largest absolute Gasteiger partial charge is 0.497 e. The van der Waals surface area contributed by atoms with Crippen molar-refractivity contribution in [3.05, 3.63) is 53.9 Å². The number of hydrogen-bond acceptors (Lipinski definition) is 5. The summed E-state index contributed by atoms with van der Waals surface area (Å²) in [5, 5.41) is 0. The minimum Gasteiger partial charge on any atom is -0.497 e. The van der Waals surface area contributed by atoms with Gasteiger partial charge in [-0.1, -0.05) is 6.07 Å². The molecule has 136 valence electrons. The van der Waals surface area contributed by atoms with Crippen LogP contribution in [0.5, 0.6) is 5.75 Å². The van der Waals surface area contributed by atoms with Crippen LogP contribution in [0.3, 0.4) is 0 Å². The summed E-state index contributed by atoms with van der Waals surface area (Å²) in [6.45, 7) is 5.42. The number of ether oxygens (including phenoxy) is 1. The number of anilines is 1. The number of carbonyl (C=O) groups excluding carboxylic acids is 1. The van der Waals surface area contributed by atoms with Gasteiger partial charge in [-0.2, -0.15) is 0 Å². The molecule has 2 aromatic rings. The van der Waals surface area contributed by atoms with Gasteiger partial charge in [0.15, 0.2) is 6.29 Å². The highest BCUT2D eigenvalue weighted by Gasteiger charge is 2.43. The second kappa shape index (κ2) is 7.08. The van der Waals surface area contributed by atoms with Crippen LogP contribution in [0.1, 0.15) is 28.9 Å². The van der Waals surface area contributed by atoms with E-state index in [0.717, 1.165) is 44.8 Å². The van der Waals surface area contributed by atoms with Gasteiger partial charge >= 0.3 is 0 Å². The predicted molar refractivity (Wildman–Crippen MR) is 102 cm³/mol. The Bertz CT molecular complexity index is 760. The highest BCUT2D eigenvalue weighted by atomic mass is 16.5. The Hall–Kier alpha value is -2.40. The number of rotatable bonds is 5. The van der Waals surface area contributed by atoms with Gasteiger partial charge in [0.25, 0.3) is 0 Å². The van der Waals surface area contributed by atoms with E-state index in [1.165, 1.54) is 24.1 Å². The minimum atomic E-state index is 0.399.